The van der Waals surface area contributed by atoms with Gasteiger partial charge in [0.15, 0.2) is 0 Å². The molecule has 0 amide bonds. The second-order valence-corrected chi connectivity index (χ2v) is 8.31. The van der Waals surface area contributed by atoms with Crippen LogP contribution in [0.1, 0.15) is 43.1 Å². The fourth-order valence-electron chi connectivity index (χ4n) is 4.41. The van der Waals surface area contributed by atoms with Gasteiger partial charge in [0.25, 0.3) is 0 Å². The molecule has 0 spiro atoms. The van der Waals surface area contributed by atoms with Crippen LogP contribution in [0.4, 0.5) is 0 Å². The Morgan fingerprint density at radius 3 is 2.61 bits per heavy atom. The number of nitrogens with zero attached hydrogens (tertiary/aromatic N) is 4. The van der Waals surface area contributed by atoms with E-state index in [0.29, 0.717) is 6.04 Å². The van der Waals surface area contributed by atoms with Crippen molar-refractivity contribution in [2.45, 2.75) is 51.6 Å². The molecular weight excluding hydrogens is 382 g/mol. The van der Waals surface area contributed by atoms with Gasteiger partial charge in [0.2, 0.25) is 0 Å². The molecule has 3 aromatic rings. The van der Waals surface area contributed by atoms with Crippen LogP contribution in [0.5, 0.6) is 0 Å². The maximum atomic E-state index is 4.86. The number of pyridine rings is 1. The van der Waals surface area contributed by atoms with Crippen LogP contribution in [0, 0.1) is 0 Å². The van der Waals surface area contributed by atoms with Gasteiger partial charge in [-0.2, -0.15) is 0 Å². The Bertz CT molecular complexity index is 937. The Balaban J connectivity index is 1.40. The van der Waals surface area contributed by atoms with Crippen LogP contribution in [0.25, 0.3) is 11.3 Å². The lowest BCUT2D eigenvalue weighted by Crippen LogP contribution is -2.42. The number of piperidine rings is 1. The first-order chi connectivity index (χ1) is 15.3. The van der Waals surface area contributed by atoms with Crippen molar-refractivity contribution in [3.05, 3.63) is 78.0 Å². The number of nitrogens with one attached hydrogen (secondary N) is 1. The normalized spacial score (nSPS) is 14.8. The zero-order valence-corrected chi connectivity index (χ0v) is 18.5. The van der Waals surface area contributed by atoms with Gasteiger partial charge in [0.1, 0.15) is 5.82 Å². The molecule has 1 fully saturated rings. The van der Waals surface area contributed by atoms with E-state index in [2.05, 4.69) is 63.5 Å². The van der Waals surface area contributed by atoms with Crippen LogP contribution < -0.4 is 5.32 Å². The first kappa shape index (κ1) is 21.6. The summed E-state index contributed by atoms with van der Waals surface area (Å²) in [5.74, 6) is 0.918. The van der Waals surface area contributed by atoms with Crippen molar-refractivity contribution >= 4 is 0 Å². The number of benzene rings is 1. The molecule has 1 aromatic carbocycles. The molecule has 0 bridgehead atoms. The van der Waals surface area contributed by atoms with Crippen molar-refractivity contribution in [1.29, 1.82) is 0 Å². The minimum Gasteiger partial charge on any atom is -0.317 e. The van der Waals surface area contributed by atoms with E-state index in [1.54, 1.807) is 0 Å². The molecule has 4 rings (SSSR count). The summed E-state index contributed by atoms with van der Waals surface area (Å²) in [5, 5.41) is 3.47. The number of hydrogen-bond donors (Lipinski definition) is 1. The number of aromatic nitrogens is 3. The van der Waals surface area contributed by atoms with Crippen molar-refractivity contribution < 1.29 is 0 Å². The molecule has 31 heavy (non-hydrogen) atoms. The molecule has 5 heteroatoms. The van der Waals surface area contributed by atoms with Gasteiger partial charge < -0.3 is 5.32 Å². The molecule has 1 aliphatic heterocycles. The van der Waals surface area contributed by atoms with E-state index in [0.717, 1.165) is 57.0 Å². The lowest BCUT2D eigenvalue weighted by Gasteiger charge is -2.34. The van der Waals surface area contributed by atoms with Crippen LogP contribution in [-0.2, 0) is 19.4 Å². The summed E-state index contributed by atoms with van der Waals surface area (Å²) in [4.78, 5) is 16.1. The zero-order valence-electron chi connectivity index (χ0n) is 18.5. The third-order valence-electron chi connectivity index (χ3n) is 6.16. The van der Waals surface area contributed by atoms with Gasteiger partial charge in [-0.25, -0.2) is 9.97 Å². The predicted octanol–water partition coefficient (Wildman–Crippen LogP) is 4.29. The van der Waals surface area contributed by atoms with E-state index >= 15 is 0 Å². The zero-order chi connectivity index (χ0) is 21.3. The first-order valence-electron chi connectivity index (χ1n) is 11.6. The molecule has 162 valence electrons. The number of aryl methyl sites for hydroxylation is 2. The van der Waals surface area contributed by atoms with Crippen LogP contribution in [-0.4, -0.2) is 45.5 Å². The van der Waals surface area contributed by atoms with Gasteiger partial charge in [-0.15, -0.1) is 0 Å². The summed E-state index contributed by atoms with van der Waals surface area (Å²) in [5.41, 5.74) is 4.86. The predicted molar refractivity (Wildman–Crippen MR) is 126 cm³/mol. The van der Waals surface area contributed by atoms with E-state index in [9.17, 15) is 0 Å². The summed E-state index contributed by atoms with van der Waals surface area (Å²) in [6.07, 6.45) is 11.0. The second kappa shape index (κ2) is 11.1. The van der Waals surface area contributed by atoms with Crippen LogP contribution in [0.2, 0.25) is 0 Å². The fraction of sp³-hybridized carbons (Fsp3) is 0.423. The Morgan fingerprint density at radius 2 is 1.81 bits per heavy atom. The molecule has 0 radical (unpaired) electrons. The highest BCUT2D eigenvalue weighted by Gasteiger charge is 2.19. The highest BCUT2D eigenvalue weighted by atomic mass is 15.2. The maximum absolute atomic E-state index is 4.86. The molecule has 3 heterocycles. The molecule has 0 aliphatic carbocycles. The Hall–Kier alpha value is -2.63. The van der Waals surface area contributed by atoms with Crippen molar-refractivity contribution in [3.8, 4) is 11.3 Å². The third-order valence-corrected chi connectivity index (χ3v) is 6.16. The van der Waals surface area contributed by atoms with Gasteiger partial charge in [-0.3, -0.25) is 9.88 Å². The lowest BCUT2D eigenvalue weighted by atomic mass is 10.0. The van der Waals surface area contributed by atoms with E-state index in [-0.39, 0.29) is 0 Å². The van der Waals surface area contributed by atoms with Gasteiger partial charge in [0, 0.05) is 43.2 Å². The first-order valence-corrected chi connectivity index (χ1v) is 11.6. The third kappa shape index (κ3) is 6.18. The van der Waals surface area contributed by atoms with Gasteiger partial charge in [-0.1, -0.05) is 25.1 Å². The second-order valence-electron chi connectivity index (χ2n) is 8.31. The van der Waals surface area contributed by atoms with E-state index in [1.165, 1.54) is 29.5 Å². The SMILES string of the molecule is CCN(Cc1cccc(-c2ccnc(CCCc3ccncc3)n2)c1)C1CCNCC1. The number of rotatable bonds is 9. The molecule has 0 atom stereocenters. The maximum Gasteiger partial charge on any atom is 0.128 e. The Labute approximate surface area is 186 Å². The highest BCUT2D eigenvalue weighted by molar-refractivity contribution is 5.59. The largest absolute Gasteiger partial charge is 0.317 e. The molecule has 0 unspecified atom stereocenters. The van der Waals surface area contributed by atoms with E-state index in [4.69, 9.17) is 4.98 Å². The quantitative estimate of drug-likeness (QED) is 0.565. The van der Waals surface area contributed by atoms with Gasteiger partial charge >= 0.3 is 0 Å². The average molecular weight is 416 g/mol. The summed E-state index contributed by atoms with van der Waals surface area (Å²) in [6, 6.07) is 15.7. The van der Waals surface area contributed by atoms with E-state index < -0.39 is 0 Å². The molecule has 2 aromatic heterocycles. The molecular formula is C26H33N5. The van der Waals surface area contributed by atoms with Crippen molar-refractivity contribution in [3.63, 3.8) is 0 Å². The van der Waals surface area contributed by atoms with Crippen LogP contribution in [0.15, 0.2) is 61.1 Å². The molecule has 1 saturated heterocycles. The van der Waals surface area contributed by atoms with Crippen molar-refractivity contribution in [2.24, 2.45) is 0 Å². The molecule has 0 saturated carbocycles. The fourth-order valence-corrected chi connectivity index (χ4v) is 4.41. The standard InChI is InChI=1S/C26H33N5/c1-2-31(24-11-16-28-17-12-24)20-22-6-3-7-23(19-22)25-13-18-29-26(30-25)8-4-5-21-9-14-27-15-10-21/h3,6-7,9-10,13-15,18-19,24,28H,2,4-5,8,11-12,16-17,20H2,1H3. The lowest BCUT2D eigenvalue weighted by molar-refractivity contribution is 0.162. The average Bonchev–Trinajstić information content (AvgIpc) is 2.84. The number of hydrogen-bond acceptors (Lipinski definition) is 5. The molecule has 1 aliphatic rings. The van der Waals surface area contributed by atoms with Crippen LogP contribution in [0.3, 0.4) is 0 Å². The summed E-state index contributed by atoms with van der Waals surface area (Å²) >= 11 is 0. The minimum absolute atomic E-state index is 0.681. The van der Waals surface area contributed by atoms with Crippen molar-refractivity contribution in [2.75, 3.05) is 19.6 Å². The molecule has 5 nitrogen and oxygen atoms in total. The topological polar surface area (TPSA) is 53.9 Å². The van der Waals surface area contributed by atoms with Crippen molar-refractivity contribution in [1.82, 2.24) is 25.2 Å². The smallest absolute Gasteiger partial charge is 0.128 e. The van der Waals surface area contributed by atoms with E-state index in [1.807, 2.05) is 24.7 Å². The summed E-state index contributed by atoms with van der Waals surface area (Å²) in [6.45, 7) is 6.62. The van der Waals surface area contributed by atoms with Crippen LogP contribution >= 0.6 is 0 Å². The minimum atomic E-state index is 0.681. The monoisotopic (exact) mass is 415 g/mol. The Morgan fingerprint density at radius 1 is 0.968 bits per heavy atom. The summed E-state index contributed by atoms with van der Waals surface area (Å²) in [7, 11) is 0. The molecule has 1 N–H and O–H groups in total. The highest BCUT2D eigenvalue weighted by Crippen LogP contribution is 2.21. The van der Waals surface area contributed by atoms with Gasteiger partial charge in [0.05, 0.1) is 5.69 Å². The Kier molecular flexibility index (Phi) is 7.75. The van der Waals surface area contributed by atoms with Gasteiger partial charge in [-0.05, 0) is 80.7 Å². The summed E-state index contributed by atoms with van der Waals surface area (Å²) < 4.78 is 0.